The van der Waals surface area contributed by atoms with Crippen LogP contribution < -0.4 is 10.5 Å². The highest BCUT2D eigenvalue weighted by Gasteiger charge is 2.15. The molecule has 1 aromatic heterocycles. The molecule has 0 aliphatic rings. The minimum absolute atomic E-state index is 0.0346. The molecule has 0 saturated heterocycles. The van der Waals surface area contributed by atoms with E-state index in [1.165, 1.54) is 24.4 Å². The van der Waals surface area contributed by atoms with E-state index in [0.29, 0.717) is 5.69 Å². The Labute approximate surface area is 110 Å². The maximum atomic E-state index is 12.0. The standard InChI is InChI=1S/C11H10ClN3O2S/c12-9-7-8(4-5-10(9)13)18(16,17)15-11-3-1-2-6-14-11/h1-7H,13H2,(H,14,15). The van der Waals surface area contributed by atoms with Gasteiger partial charge in [-0.3, -0.25) is 4.72 Å². The van der Waals surface area contributed by atoms with E-state index >= 15 is 0 Å². The number of nitrogen functional groups attached to an aromatic ring is 1. The van der Waals surface area contributed by atoms with Crippen LogP contribution in [0.1, 0.15) is 0 Å². The molecular formula is C11H10ClN3O2S. The van der Waals surface area contributed by atoms with E-state index in [-0.39, 0.29) is 15.7 Å². The van der Waals surface area contributed by atoms with Crippen LogP contribution in [0.5, 0.6) is 0 Å². The second-order valence-electron chi connectivity index (χ2n) is 3.50. The molecule has 0 amide bonds. The van der Waals surface area contributed by atoms with Gasteiger partial charge in [0.05, 0.1) is 15.6 Å². The van der Waals surface area contributed by atoms with Crippen LogP contribution in [0.3, 0.4) is 0 Å². The topological polar surface area (TPSA) is 85.1 Å². The summed E-state index contributed by atoms with van der Waals surface area (Å²) in [7, 11) is -3.71. The van der Waals surface area contributed by atoms with Gasteiger partial charge >= 0.3 is 0 Å². The first kappa shape index (κ1) is 12.7. The van der Waals surface area contributed by atoms with Gasteiger partial charge in [-0.1, -0.05) is 17.7 Å². The van der Waals surface area contributed by atoms with Gasteiger partial charge in [0.15, 0.2) is 0 Å². The second-order valence-corrected chi connectivity index (χ2v) is 5.59. The Bertz CT molecular complexity index is 659. The lowest BCUT2D eigenvalue weighted by molar-refractivity contribution is 0.601. The van der Waals surface area contributed by atoms with Crippen molar-refractivity contribution in [3.8, 4) is 0 Å². The largest absolute Gasteiger partial charge is 0.398 e. The molecule has 2 rings (SSSR count). The Morgan fingerprint density at radius 3 is 2.61 bits per heavy atom. The Hall–Kier alpha value is -1.79. The fourth-order valence-electron chi connectivity index (χ4n) is 1.29. The van der Waals surface area contributed by atoms with E-state index in [1.54, 1.807) is 18.2 Å². The zero-order valence-corrected chi connectivity index (χ0v) is 10.7. The number of rotatable bonds is 3. The predicted molar refractivity (Wildman–Crippen MR) is 70.9 cm³/mol. The second kappa shape index (κ2) is 4.83. The molecule has 0 aliphatic heterocycles. The van der Waals surface area contributed by atoms with Crippen LogP contribution in [0.4, 0.5) is 11.5 Å². The number of halogens is 1. The highest BCUT2D eigenvalue weighted by Crippen LogP contribution is 2.23. The van der Waals surface area contributed by atoms with Crippen molar-refractivity contribution in [3.05, 3.63) is 47.6 Å². The summed E-state index contributed by atoms with van der Waals surface area (Å²) in [6.07, 6.45) is 1.49. The molecule has 0 spiro atoms. The highest BCUT2D eigenvalue weighted by molar-refractivity contribution is 7.92. The first-order chi connectivity index (χ1) is 8.49. The maximum absolute atomic E-state index is 12.0. The molecule has 1 heterocycles. The molecule has 3 N–H and O–H groups in total. The summed E-state index contributed by atoms with van der Waals surface area (Å²) in [5.41, 5.74) is 5.85. The SMILES string of the molecule is Nc1ccc(S(=O)(=O)Nc2ccccn2)cc1Cl. The monoisotopic (exact) mass is 283 g/mol. The van der Waals surface area contributed by atoms with Crippen molar-refractivity contribution in [2.75, 3.05) is 10.5 Å². The van der Waals surface area contributed by atoms with Gasteiger partial charge in [0.25, 0.3) is 10.0 Å². The van der Waals surface area contributed by atoms with Crippen LogP contribution in [0, 0.1) is 0 Å². The van der Waals surface area contributed by atoms with Crippen molar-refractivity contribution in [2.24, 2.45) is 0 Å². The molecule has 2 aromatic rings. The quantitative estimate of drug-likeness (QED) is 0.845. The van der Waals surface area contributed by atoms with Crippen LogP contribution in [-0.2, 0) is 10.0 Å². The third kappa shape index (κ3) is 2.72. The smallest absolute Gasteiger partial charge is 0.263 e. The summed E-state index contributed by atoms with van der Waals surface area (Å²) in [6.45, 7) is 0. The van der Waals surface area contributed by atoms with Crippen LogP contribution >= 0.6 is 11.6 Å². The Morgan fingerprint density at radius 1 is 1.22 bits per heavy atom. The van der Waals surface area contributed by atoms with Gasteiger partial charge in [0, 0.05) is 6.20 Å². The predicted octanol–water partition coefficient (Wildman–Crippen LogP) is 2.12. The minimum Gasteiger partial charge on any atom is -0.398 e. The molecule has 1 aromatic carbocycles. The Morgan fingerprint density at radius 2 is 2.00 bits per heavy atom. The van der Waals surface area contributed by atoms with Gasteiger partial charge in [-0.05, 0) is 30.3 Å². The molecule has 5 nitrogen and oxygen atoms in total. The summed E-state index contributed by atoms with van der Waals surface area (Å²) >= 11 is 5.79. The van der Waals surface area contributed by atoms with Gasteiger partial charge in [-0.2, -0.15) is 0 Å². The number of sulfonamides is 1. The van der Waals surface area contributed by atoms with Crippen molar-refractivity contribution < 1.29 is 8.42 Å². The van der Waals surface area contributed by atoms with Gasteiger partial charge in [-0.25, -0.2) is 13.4 Å². The highest BCUT2D eigenvalue weighted by atomic mass is 35.5. The lowest BCUT2D eigenvalue weighted by Crippen LogP contribution is -2.13. The number of aromatic nitrogens is 1. The lowest BCUT2D eigenvalue weighted by Gasteiger charge is -2.08. The number of pyridine rings is 1. The van der Waals surface area contributed by atoms with E-state index in [1.807, 2.05) is 0 Å². The Kier molecular flexibility index (Phi) is 3.40. The molecule has 0 fully saturated rings. The first-order valence-electron chi connectivity index (χ1n) is 4.98. The average Bonchev–Trinajstić information content (AvgIpc) is 2.33. The van der Waals surface area contributed by atoms with Gasteiger partial charge in [0.1, 0.15) is 5.82 Å². The van der Waals surface area contributed by atoms with Crippen LogP contribution in [0.25, 0.3) is 0 Å². The number of nitrogens with one attached hydrogen (secondary N) is 1. The number of nitrogens with zero attached hydrogens (tertiary/aromatic N) is 1. The fraction of sp³-hybridized carbons (Fsp3) is 0. The molecule has 94 valence electrons. The summed E-state index contributed by atoms with van der Waals surface area (Å²) in [6, 6.07) is 9.04. The summed E-state index contributed by atoms with van der Waals surface area (Å²) < 4.78 is 26.4. The molecule has 0 aliphatic carbocycles. The third-order valence-electron chi connectivity index (χ3n) is 2.19. The average molecular weight is 284 g/mol. The van der Waals surface area contributed by atoms with Gasteiger partial charge < -0.3 is 5.73 Å². The Balaban J connectivity index is 2.34. The van der Waals surface area contributed by atoms with Crippen molar-refractivity contribution >= 4 is 33.1 Å². The van der Waals surface area contributed by atoms with Gasteiger partial charge in [-0.15, -0.1) is 0 Å². The normalized spacial score (nSPS) is 11.2. The summed E-state index contributed by atoms with van der Waals surface area (Å²) in [5, 5.41) is 0.193. The molecule has 18 heavy (non-hydrogen) atoms. The zero-order valence-electron chi connectivity index (χ0n) is 9.17. The van der Waals surface area contributed by atoms with E-state index in [4.69, 9.17) is 17.3 Å². The first-order valence-corrected chi connectivity index (χ1v) is 6.84. The molecular weight excluding hydrogens is 274 g/mol. The molecule has 7 heteroatoms. The molecule has 0 atom stereocenters. The zero-order chi connectivity index (χ0) is 13.2. The van der Waals surface area contributed by atoms with Crippen LogP contribution in [0.2, 0.25) is 5.02 Å². The fourth-order valence-corrected chi connectivity index (χ4v) is 2.57. The van der Waals surface area contributed by atoms with E-state index < -0.39 is 10.0 Å². The van der Waals surface area contributed by atoms with Gasteiger partial charge in [0.2, 0.25) is 0 Å². The lowest BCUT2D eigenvalue weighted by atomic mass is 10.3. The number of anilines is 2. The van der Waals surface area contributed by atoms with Crippen LogP contribution in [-0.4, -0.2) is 13.4 Å². The number of hydrogen-bond acceptors (Lipinski definition) is 4. The number of benzene rings is 1. The van der Waals surface area contributed by atoms with E-state index in [9.17, 15) is 8.42 Å². The number of hydrogen-bond donors (Lipinski definition) is 2. The van der Waals surface area contributed by atoms with E-state index in [2.05, 4.69) is 9.71 Å². The third-order valence-corrected chi connectivity index (χ3v) is 3.87. The van der Waals surface area contributed by atoms with Crippen molar-refractivity contribution in [1.82, 2.24) is 4.98 Å². The maximum Gasteiger partial charge on any atom is 0.263 e. The molecule has 0 unspecified atom stereocenters. The molecule has 0 radical (unpaired) electrons. The van der Waals surface area contributed by atoms with Crippen molar-refractivity contribution in [3.63, 3.8) is 0 Å². The van der Waals surface area contributed by atoms with Crippen molar-refractivity contribution in [2.45, 2.75) is 4.90 Å². The number of nitrogens with two attached hydrogens (primary N) is 1. The summed E-state index contributed by atoms with van der Waals surface area (Å²) in [4.78, 5) is 3.92. The van der Waals surface area contributed by atoms with E-state index in [0.717, 1.165) is 0 Å². The van der Waals surface area contributed by atoms with Crippen LogP contribution in [0.15, 0.2) is 47.5 Å². The minimum atomic E-state index is -3.71. The molecule has 0 saturated carbocycles. The molecule has 0 bridgehead atoms. The summed E-state index contributed by atoms with van der Waals surface area (Å²) in [5.74, 6) is 0.241. The van der Waals surface area contributed by atoms with Crippen molar-refractivity contribution in [1.29, 1.82) is 0 Å².